The van der Waals surface area contributed by atoms with Crippen molar-refractivity contribution in [3.05, 3.63) is 16.1 Å². The standard InChI is InChI=1S/C9H14N2OS/c1-6(2)9-11-8(5-13-9)4-10-7(3)12/h5-6H,4H2,1-3H3,(H,10,12). The van der Waals surface area contributed by atoms with Crippen LogP contribution in [0.1, 0.15) is 37.4 Å². The van der Waals surface area contributed by atoms with E-state index in [1.165, 1.54) is 6.92 Å². The second-order valence-electron chi connectivity index (χ2n) is 3.24. The van der Waals surface area contributed by atoms with Crippen LogP contribution in [0.25, 0.3) is 0 Å². The quantitative estimate of drug-likeness (QED) is 0.806. The van der Waals surface area contributed by atoms with Crippen molar-refractivity contribution in [1.82, 2.24) is 10.3 Å². The maximum Gasteiger partial charge on any atom is 0.217 e. The highest BCUT2D eigenvalue weighted by Gasteiger charge is 2.05. The molecule has 72 valence electrons. The predicted molar refractivity (Wildman–Crippen MR) is 53.7 cm³/mol. The van der Waals surface area contributed by atoms with E-state index in [2.05, 4.69) is 24.1 Å². The van der Waals surface area contributed by atoms with Crippen molar-refractivity contribution in [1.29, 1.82) is 0 Å². The van der Waals surface area contributed by atoms with E-state index >= 15 is 0 Å². The average Bonchev–Trinajstić information content (AvgIpc) is 2.48. The Hall–Kier alpha value is -0.900. The van der Waals surface area contributed by atoms with Crippen LogP contribution in [0.4, 0.5) is 0 Å². The maximum absolute atomic E-state index is 10.6. The summed E-state index contributed by atoms with van der Waals surface area (Å²) in [7, 11) is 0. The van der Waals surface area contributed by atoms with Gasteiger partial charge < -0.3 is 5.32 Å². The van der Waals surface area contributed by atoms with Gasteiger partial charge in [-0.2, -0.15) is 0 Å². The summed E-state index contributed by atoms with van der Waals surface area (Å²) >= 11 is 1.65. The summed E-state index contributed by atoms with van der Waals surface area (Å²) in [6.45, 7) is 6.27. The van der Waals surface area contributed by atoms with Gasteiger partial charge in [0.05, 0.1) is 17.2 Å². The predicted octanol–water partition coefficient (Wildman–Crippen LogP) is 1.90. The molecule has 0 atom stereocenters. The molecule has 1 aromatic rings. The smallest absolute Gasteiger partial charge is 0.217 e. The first kappa shape index (κ1) is 10.2. The second kappa shape index (κ2) is 4.37. The number of hydrogen-bond donors (Lipinski definition) is 1. The Morgan fingerprint density at radius 3 is 2.85 bits per heavy atom. The van der Waals surface area contributed by atoms with Crippen LogP contribution in [0.2, 0.25) is 0 Å². The molecule has 3 nitrogen and oxygen atoms in total. The molecule has 0 aromatic carbocycles. The van der Waals surface area contributed by atoms with E-state index in [0.29, 0.717) is 12.5 Å². The number of thiazole rings is 1. The summed E-state index contributed by atoms with van der Waals surface area (Å²) in [5.74, 6) is 0.454. The van der Waals surface area contributed by atoms with Crippen LogP contribution in [0.5, 0.6) is 0 Å². The molecule has 0 aliphatic rings. The van der Waals surface area contributed by atoms with Gasteiger partial charge in [-0.15, -0.1) is 11.3 Å². The molecule has 0 aliphatic heterocycles. The topological polar surface area (TPSA) is 42.0 Å². The Bertz CT molecular complexity index is 294. The van der Waals surface area contributed by atoms with Crippen LogP contribution in [-0.2, 0) is 11.3 Å². The second-order valence-corrected chi connectivity index (χ2v) is 4.13. The van der Waals surface area contributed by atoms with E-state index in [-0.39, 0.29) is 5.91 Å². The Morgan fingerprint density at radius 1 is 1.69 bits per heavy atom. The molecule has 1 heterocycles. The van der Waals surface area contributed by atoms with Gasteiger partial charge in [0.15, 0.2) is 0 Å². The van der Waals surface area contributed by atoms with E-state index in [1.807, 2.05) is 5.38 Å². The number of nitrogens with one attached hydrogen (secondary N) is 1. The largest absolute Gasteiger partial charge is 0.351 e. The van der Waals surface area contributed by atoms with Gasteiger partial charge in [-0.3, -0.25) is 4.79 Å². The van der Waals surface area contributed by atoms with Crippen LogP contribution in [0, 0.1) is 0 Å². The first-order chi connectivity index (χ1) is 6.09. The van der Waals surface area contributed by atoms with Gasteiger partial charge in [0, 0.05) is 18.2 Å². The Morgan fingerprint density at radius 2 is 2.38 bits per heavy atom. The lowest BCUT2D eigenvalue weighted by atomic mass is 10.2. The molecule has 1 aromatic heterocycles. The van der Waals surface area contributed by atoms with Crippen molar-refractivity contribution in [3.8, 4) is 0 Å². The van der Waals surface area contributed by atoms with Gasteiger partial charge in [-0.25, -0.2) is 4.98 Å². The molecule has 0 spiro atoms. The number of rotatable bonds is 3. The number of hydrogen-bond acceptors (Lipinski definition) is 3. The number of carbonyl (C=O) groups excluding carboxylic acids is 1. The number of nitrogens with zero attached hydrogens (tertiary/aromatic N) is 1. The molecule has 13 heavy (non-hydrogen) atoms. The van der Waals surface area contributed by atoms with Gasteiger partial charge in [-0.1, -0.05) is 13.8 Å². The third-order valence-corrected chi connectivity index (χ3v) is 2.78. The molecule has 0 fully saturated rings. The van der Waals surface area contributed by atoms with Crippen molar-refractivity contribution >= 4 is 17.2 Å². The minimum Gasteiger partial charge on any atom is -0.351 e. The molecule has 4 heteroatoms. The third kappa shape index (κ3) is 3.14. The summed E-state index contributed by atoms with van der Waals surface area (Å²) in [6.07, 6.45) is 0. The summed E-state index contributed by atoms with van der Waals surface area (Å²) in [6, 6.07) is 0. The fourth-order valence-electron chi connectivity index (χ4n) is 0.884. The van der Waals surface area contributed by atoms with E-state index in [4.69, 9.17) is 0 Å². The average molecular weight is 198 g/mol. The summed E-state index contributed by atoms with van der Waals surface area (Å²) in [4.78, 5) is 15.0. The van der Waals surface area contributed by atoms with Gasteiger partial charge in [0.1, 0.15) is 0 Å². The van der Waals surface area contributed by atoms with Gasteiger partial charge in [0.2, 0.25) is 5.91 Å². The molecule has 1 rings (SSSR count). The highest BCUT2D eigenvalue weighted by molar-refractivity contribution is 7.09. The van der Waals surface area contributed by atoms with Crippen LogP contribution in [0.15, 0.2) is 5.38 Å². The minimum absolute atomic E-state index is 0.0147. The SMILES string of the molecule is CC(=O)NCc1csc(C(C)C)n1. The number of carbonyl (C=O) groups is 1. The van der Waals surface area contributed by atoms with Gasteiger partial charge in [0.25, 0.3) is 0 Å². The van der Waals surface area contributed by atoms with E-state index in [0.717, 1.165) is 10.7 Å². The molecule has 0 saturated heterocycles. The monoisotopic (exact) mass is 198 g/mol. The number of aromatic nitrogens is 1. The lowest BCUT2D eigenvalue weighted by Gasteiger charge is -1.98. The molecule has 0 radical (unpaired) electrons. The zero-order valence-electron chi connectivity index (χ0n) is 8.13. The highest BCUT2D eigenvalue weighted by Crippen LogP contribution is 2.18. The van der Waals surface area contributed by atoms with Crippen LogP contribution in [-0.4, -0.2) is 10.9 Å². The van der Waals surface area contributed by atoms with Crippen LogP contribution < -0.4 is 5.32 Å². The Kier molecular flexibility index (Phi) is 3.42. The molecular formula is C9H14N2OS. The van der Waals surface area contributed by atoms with Gasteiger partial charge in [-0.05, 0) is 0 Å². The normalized spacial score (nSPS) is 10.5. The fraction of sp³-hybridized carbons (Fsp3) is 0.556. The molecule has 0 aliphatic carbocycles. The lowest BCUT2D eigenvalue weighted by Crippen LogP contribution is -2.19. The fourth-order valence-corrected chi connectivity index (χ4v) is 1.72. The first-order valence-corrected chi connectivity index (χ1v) is 5.16. The lowest BCUT2D eigenvalue weighted by molar-refractivity contribution is -0.119. The molecule has 0 saturated carbocycles. The number of amides is 1. The molecule has 1 N–H and O–H groups in total. The van der Waals surface area contributed by atoms with Crippen molar-refractivity contribution < 1.29 is 4.79 Å². The van der Waals surface area contributed by atoms with Gasteiger partial charge >= 0.3 is 0 Å². The van der Waals surface area contributed by atoms with E-state index in [1.54, 1.807) is 11.3 Å². The van der Waals surface area contributed by atoms with Crippen molar-refractivity contribution in [2.75, 3.05) is 0 Å². The van der Waals surface area contributed by atoms with Crippen molar-refractivity contribution in [2.24, 2.45) is 0 Å². The Labute approximate surface area is 82.2 Å². The molecule has 1 amide bonds. The van der Waals surface area contributed by atoms with Crippen LogP contribution in [0.3, 0.4) is 0 Å². The summed E-state index contributed by atoms with van der Waals surface area (Å²) < 4.78 is 0. The first-order valence-electron chi connectivity index (χ1n) is 4.28. The minimum atomic E-state index is -0.0147. The van der Waals surface area contributed by atoms with E-state index < -0.39 is 0 Å². The summed E-state index contributed by atoms with van der Waals surface area (Å²) in [5, 5.41) is 5.84. The van der Waals surface area contributed by atoms with Crippen LogP contribution >= 0.6 is 11.3 Å². The highest BCUT2D eigenvalue weighted by atomic mass is 32.1. The molecular weight excluding hydrogens is 184 g/mol. The van der Waals surface area contributed by atoms with E-state index in [9.17, 15) is 4.79 Å². The molecule has 0 unspecified atom stereocenters. The van der Waals surface area contributed by atoms with Crippen molar-refractivity contribution in [3.63, 3.8) is 0 Å². The zero-order valence-corrected chi connectivity index (χ0v) is 8.94. The third-order valence-electron chi connectivity index (χ3n) is 1.58. The zero-order chi connectivity index (χ0) is 9.84. The van der Waals surface area contributed by atoms with Crippen molar-refractivity contribution in [2.45, 2.75) is 33.2 Å². The summed E-state index contributed by atoms with van der Waals surface area (Å²) in [5.41, 5.74) is 0.948. The Balaban J connectivity index is 2.54. The molecule has 0 bridgehead atoms. The maximum atomic E-state index is 10.6.